The molecule has 4 atom stereocenters. The Kier molecular flexibility index (Phi) is 9.73. The van der Waals surface area contributed by atoms with Gasteiger partial charge in [0, 0.05) is 13.0 Å². The number of carbonyl (C=O) groups excluding carboxylic acids is 3. The van der Waals surface area contributed by atoms with E-state index in [1.165, 1.54) is 19.3 Å². The number of hydrogen-bond donors (Lipinski definition) is 1. The quantitative estimate of drug-likeness (QED) is 0.379. The van der Waals surface area contributed by atoms with Crippen LogP contribution in [-0.4, -0.2) is 53.5 Å². The minimum atomic E-state index is -0.576. The number of esters is 2. The second kappa shape index (κ2) is 12.7. The van der Waals surface area contributed by atoms with Crippen LogP contribution in [0.1, 0.15) is 77.2 Å². The van der Waals surface area contributed by atoms with Gasteiger partial charge >= 0.3 is 11.9 Å². The first-order chi connectivity index (χ1) is 16.0. The Balaban J connectivity index is 1.45. The molecule has 7 heteroatoms. The topological polar surface area (TPSA) is 84.9 Å². The van der Waals surface area contributed by atoms with Crippen molar-refractivity contribution in [1.82, 2.24) is 10.2 Å². The molecule has 1 aromatic carbocycles. The standard InChI is InChI=1S/C26H38N2O5/c1-3-4-5-6-10-14-21-17-22(25(30)33-21)27-19(2)24(29)28-16-11-15-23(28)26(31)32-18-20-12-8-7-9-13-20/h7-9,12-13,19,21-23,27H,3-6,10-11,14-18H2,1-2H3/t19-,21?,22?,23-/m0/s1. The lowest BCUT2D eigenvalue weighted by Crippen LogP contribution is -2.52. The van der Waals surface area contributed by atoms with Crippen molar-refractivity contribution in [3.05, 3.63) is 35.9 Å². The molecule has 0 aliphatic carbocycles. The molecule has 1 amide bonds. The number of unbranched alkanes of at least 4 members (excludes halogenated alkanes) is 4. The Labute approximate surface area is 197 Å². The van der Waals surface area contributed by atoms with Gasteiger partial charge in [0.25, 0.3) is 0 Å². The van der Waals surface area contributed by atoms with Crippen molar-refractivity contribution in [3.8, 4) is 0 Å². The number of amides is 1. The summed E-state index contributed by atoms with van der Waals surface area (Å²) in [7, 11) is 0. The van der Waals surface area contributed by atoms with E-state index in [0.29, 0.717) is 19.4 Å². The minimum absolute atomic E-state index is 0.0774. The molecular weight excluding hydrogens is 420 g/mol. The average molecular weight is 459 g/mol. The van der Waals surface area contributed by atoms with Gasteiger partial charge in [-0.15, -0.1) is 0 Å². The number of ether oxygens (including phenoxy) is 2. The summed E-state index contributed by atoms with van der Waals surface area (Å²) < 4.78 is 11.0. The van der Waals surface area contributed by atoms with Crippen molar-refractivity contribution < 1.29 is 23.9 Å². The molecule has 2 heterocycles. The van der Waals surface area contributed by atoms with Crippen LogP contribution in [0, 0.1) is 0 Å². The lowest BCUT2D eigenvalue weighted by molar-refractivity contribution is -0.155. The predicted molar refractivity (Wildman–Crippen MR) is 125 cm³/mol. The van der Waals surface area contributed by atoms with Gasteiger partial charge in [0.2, 0.25) is 5.91 Å². The number of nitrogens with zero attached hydrogens (tertiary/aromatic N) is 1. The van der Waals surface area contributed by atoms with E-state index >= 15 is 0 Å². The van der Waals surface area contributed by atoms with Crippen LogP contribution >= 0.6 is 0 Å². The van der Waals surface area contributed by atoms with Crippen LogP contribution in [0.5, 0.6) is 0 Å². The molecule has 7 nitrogen and oxygen atoms in total. The van der Waals surface area contributed by atoms with E-state index in [9.17, 15) is 14.4 Å². The highest BCUT2D eigenvalue weighted by Gasteiger charge is 2.40. The fourth-order valence-electron chi connectivity index (χ4n) is 4.66. The number of hydrogen-bond acceptors (Lipinski definition) is 6. The zero-order valence-electron chi connectivity index (χ0n) is 20.0. The van der Waals surface area contributed by atoms with Crippen LogP contribution in [0.3, 0.4) is 0 Å². The van der Waals surface area contributed by atoms with Crippen molar-refractivity contribution in [2.45, 2.75) is 102 Å². The molecule has 2 fully saturated rings. The largest absolute Gasteiger partial charge is 0.461 e. The van der Waals surface area contributed by atoms with Gasteiger partial charge in [-0.3, -0.25) is 14.9 Å². The van der Waals surface area contributed by atoms with Gasteiger partial charge in [0.15, 0.2) is 0 Å². The SMILES string of the molecule is CCCCCCCC1CC(N[C@@H](C)C(=O)N2CCC[C@H]2C(=O)OCc2ccccc2)C(=O)O1. The van der Waals surface area contributed by atoms with Crippen molar-refractivity contribution in [2.24, 2.45) is 0 Å². The molecule has 0 radical (unpaired) electrons. The number of carbonyl (C=O) groups is 3. The molecule has 0 spiro atoms. The zero-order valence-corrected chi connectivity index (χ0v) is 20.0. The second-order valence-electron chi connectivity index (χ2n) is 9.22. The molecule has 1 N–H and O–H groups in total. The highest BCUT2D eigenvalue weighted by molar-refractivity contribution is 5.88. The lowest BCUT2D eigenvalue weighted by Gasteiger charge is -2.27. The predicted octanol–water partition coefficient (Wildman–Crippen LogP) is 3.74. The molecule has 2 saturated heterocycles. The summed E-state index contributed by atoms with van der Waals surface area (Å²) in [5.41, 5.74) is 0.913. The maximum Gasteiger partial charge on any atom is 0.329 e. The first-order valence-corrected chi connectivity index (χ1v) is 12.5. The Hall–Kier alpha value is -2.41. The van der Waals surface area contributed by atoms with Gasteiger partial charge in [-0.05, 0) is 38.2 Å². The van der Waals surface area contributed by atoms with Gasteiger partial charge in [-0.25, -0.2) is 4.79 Å². The van der Waals surface area contributed by atoms with Crippen molar-refractivity contribution in [3.63, 3.8) is 0 Å². The Bertz CT molecular complexity index is 784. The molecular formula is C26H38N2O5. The molecule has 0 aromatic heterocycles. The summed E-state index contributed by atoms with van der Waals surface area (Å²) in [4.78, 5) is 39.6. The Morgan fingerprint density at radius 2 is 1.94 bits per heavy atom. The Morgan fingerprint density at radius 3 is 2.70 bits per heavy atom. The first-order valence-electron chi connectivity index (χ1n) is 12.5. The van der Waals surface area contributed by atoms with Crippen molar-refractivity contribution in [1.29, 1.82) is 0 Å². The molecule has 182 valence electrons. The van der Waals surface area contributed by atoms with Crippen LogP contribution in [0.25, 0.3) is 0 Å². The number of rotatable bonds is 12. The van der Waals surface area contributed by atoms with Gasteiger partial charge < -0.3 is 14.4 Å². The molecule has 1 aromatic rings. The molecule has 2 unspecified atom stereocenters. The third-order valence-electron chi connectivity index (χ3n) is 6.55. The van der Waals surface area contributed by atoms with E-state index in [1.807, 2.05) is 30.3 Å². The zero-order chi connectivity index (χ0) is 23.6. The van der Waals surface area contributed by atoms with Gasteiger partial charge in [-0.1, -0.05) is 62.9 Å². The highest BCUT2D eigenvalue weighted by Crippen LogP contribution is 2.23. The Morgan fingerprint density at radius 1 is 1.18 bits per heavy atom. The van der Waals surface area contributed by atoms with E-state index < -0.39 is 18.1 Å². The number of nitrogens with one attached hydrogen (secondary N) is 1. The average Bonchev–Trinajstić information content (AvgIpc) is 3.44. The smallest absolute Gasteiger partial charge is 0.329 e. The van der Waals surface area contributed by atoms with E-state index in [0.717, 1.165) is 31.2 Å². The number of likely N-dealkylation sites (tertiary alicyclic amines) is 1. The fourth-order valence-corrected chi connectivity index (χ4v) is 4.66. The second-order valence-corrected chi connectivity index (χ2v) is 9.22. The van der Waals surface area contributed by atoms with Crippen LogP contribution in [0.4, 0.5) is 0 Å². The van der Waals surface area contributed by atoms with E-state index in [-0.39, 0.29) is 30.6 Å². The summed E-state index contributed by atoms with van der Waals surface area (Å²) in [6.45, 7) is 4.65. The lowest BCUT2D eigenvalue weighted by atomic mass is 10.0. The first kappa shape index (κ1) is 25.2. The van der Waals surface area contributed by atoms with Gasteiger partial charge in [0.05, 0.1) is 6.04 Å². The molecule has 0 bridgehead atoms. The maximum atomic E-state index is 13.1. The van der Waals surface area contributed by atoms with Crippen LogP contribution in [0.15, 0.2) is 30.3 Å². The van der Waals surface area contributed by atoms with Crippen LogP contribution in [-0.2, 0) is 30.5 Å². The van der Waals surface area contributed by atoms with E-state index in [2.05, 4.69) is 12.2 Å². The summed E-state index contributed by atoms with van der Waals surface area (Å²) in [6.07, 6.45) is 8.62. The third kappa shape index (κ3) is 7.29. The summed E-state index contributed by atoms with van der Waals surface area (Å²) in [5, 5.41) is 3.15. The molecule has 33 heavy (non-hydrogen) atoms. The van der Waals surface area contributed by atoms with E-state index in [1.54, 1.807) is 11.8 Å². The molecule has 2 aliphatic rings. The maximum absolute atomic E-state index is 13.1. The third-order valence-corrected chi connectivity index (χ3v) is 6.55. The fraction of sp³-hybridized carbons (Fsp3) is 0.654. The normalized spacial score (nSPS) is 23.4. The van der Waals surface area contributed by atoms with Gasteiger partial charge in [-0.2, -0.15) is 0 Å². The van der Waals surface area contributed by atoms with Crippen LogP contribution in [0.2, 0.25) is 0 Å². The highest BCUT2D eigenvalue weighted by atomic mass is 16.6. The van der Waals surface area contributed by atoms with Crippen molar-refractivity contribution in [2.75, 3.05) is 6.54 Å². The van der Waals surface area contributed by atoms with E-state index in [4.69, 9.17) is 9.47 Å². The van der Waals surface area contributed by atoms with Crippen molar-refractivity contribution >= 4 is 17.8 Å². The number of cyclic esters (lactones) is 1. The molecule has 0 saturated carbocycles. The molecule has 3 rings (SSSR count). The molecule has 2 aliphatic heterocycles. The van der Waals surface area contributed by atoms with Gasteiger partial charge in [0.1, 0.15) is 24.8 Å². The minimum Gasteiger partial charge on any atom is -0.461 e. The number of benzene rings is 1. The van der Waals surface area contributed by atoms with Crippen LogP contribution < -0.4 is 5.32 Å². The summed E-state index contributed by atoms with van der Waals surface area (Å²) in [6, 6.07) is 7.87. The summed E-state index contributed by atoms with van der Waals surface area (Å²) >= 11 is 0. The monoisotopic (exact) mass is 458 g/mol. The summed E-state index contributed by atoms with van der Waals surface area (Å²) in [5.74, 6) is -0.834.